The number of nitro benzene ring substituents is 1. The van der Waals surface area contributed by atoms with E-state index in [9.17, 15) is 14.9 Å². The van der Waals surface area contributed by atoms with Gasteiger partial charge in [0.1, 0.15) is 0 Å². The average Bonchev–Trinajstić information content (AvgIpc) is 2.68. The molecule has 0 aliphatic heterocycles. The van der Waals surface area contributed by atoms with Crippen molar-refractivity contribution in [2.75, 3.05) is 59.8 Å². The highest BCUT2D eigenvalue weighted by molar-refractivity contribution is 5.96. The van der Waals surface area contributed by atoms with Gasteiger partial charge in [-0.1, -0.05) is 6.92 Å². The molecule has 0 aliphatic carbocycles. The molecule has 1 aromatic rings. The van der Waals surface area contributed by atoms with Crippen LogP contribution in [0.3, 0.4) is 0 Å². The van der Waals surface area contributed by atoms with Crippen molar-refractivity contribution in [1.82, 2.24) is 4.90 Å². The van der Waals surface area contributed by atoms with Crippen LogP contribution < -0.4 is 0 Å². The summed E-state index contributed by atoms with van der Waals surface area (Å²) in [4.78, 5) is 24.3. The molecule has 158 valence electrons. The molecule has 0 bridgehead atoms. The third kappa shape index (κ3) is 11.1. The van der Waals surface area contributed by atoms with E-state index in [0.29, 0.717) is 58.0 Å². The zero-order valence-corrected chi connectivity index (χ0v) is 16.9. The lowest BCUT2D eigenvalue weighted by Crippen LogP contribution is -2.24. The molecule has 0 unspecified atom stereocenters. The molecule has 0 heterocycles. The van der Waals surface area contributed by atoms with E-state index in [0.717, 1.165) is 19.5 Å². The Morgan fingerprint density at radius 2 is 1.54 bits per heavy atom. The Kier molecular flexibility index (Phi) is 13.0. The van der Waals surface area contributed by atoms with Gasteiger partial charge in [-0.3, -0.25) is 14.9 Å². The summed E-state index contributed by atoms with van der Waals surface area (Å²) in [6, 6.07) is 5.65. The maximum Gasteiger partial charge on any atom is 0.269 e. The molecule has 8 nitrogen and oxygen atoms in total. The first-order valence-corrected chi connectivity index (χ1v) is 9.74. The van der Waals surface area contributed by atoms with Crippen LogP contribution in [0.15, 0.2) is 24.3 Å². The number of carbonyl (C=O) groups is 1. The van der Waals surface area contributed by atoms with Crippen molar-refractivity contribution in [3.8, 4) is 0 Å². The molecule has 0 saturated carbocycles. The molecule has 0 saturated heterocycles. The van der Waals surface area contributed by atoms with Crippen LogP contribution in [-0.2, 0) is 14.2 Å². The maximum atomic E-state index is 12.0. The van der Waals surface area contributed by atoms with Crippen LogP contribution in [0.4, 0.5) is 5.69 Å². The van der Waals surface area contributed by atoms with Gasteiger partial charge in [-0.15, -0.1) is 0 Å². The zero-order valence-electron chi connectivity index (χ0n) is 16.9. The average molecular weight is 396 g/mol. The minimum Gasteiger partial charge on any atom is -0.379 e. The van der Waals surface area contributed by atoms with Crippen molar-refractivity contribution in [3.63, 3.8) is 0 Å². The summed E-state index contributed by atoms with van der Waals surface area (Å²) in [5.74, 6) is -0.0449. The van der Waals surface area contributed by atoms with E-state index in [1.807, 2.05) is 0 Å². The number of hydrogen-bond acceptors (Lipinski definition) is 7. The summed E-state index contributed by atoms with van der Waals surface area (Å²) in [6.07, 6.45) is 2.09. The highest BCUT2D eigenvalue weighted by Gasteiger charge is 2.09. The quantitative estimate of drug-likeness (QED) is 0.173. The van der Waals surface area contributed by atoms with Crippen LogP contribution in [0.25, 0.3) is 0 Å². The van der Waals surface area contributed by atoms with Crippen molar-refractivity contribution in [3.05, 3.63) is 39.9 Å². The normalized spacial score (nSPS) is 11.1. The summed E-state index contributed by atoms with van der Waals surface area (Å²) >= 11 is 0. The number of likely N-dealkylation sites (N-methyl/N-ethyl adjacent to an activating group) is 1. The lowest BCUT2D eigenvalue weighted by Gasteiger charge is -2.15. The second-order valence-corrected chi connectivity index (χ2v) is 6.47. The largest absolute Gasteiger partial charge is 0.379 e. The Morgan fingerprint density at radius 3 is 2.11 bits per heavy atom. The van der Waals surface area contributed by atoms with Crippen LogP contribution in [0.2, 0.25) is 0 Å². The number of nitrogens with zero attached hydrogens (tertiary/aromatic N) is 2. The predicted octanol–water partition coefficient (Wildman–Crippen LogP) is 2.95. The Balaban J connectivity index is 1.93. The molecule has 0 fully saturated rings. The Labute approximate surface area is 166 Å². The molecular formula is C20H32N2O6. The van der Waals surface area contributed by atoms with Crippen LogP contribution in [0.5, 0.6) is 0 Å². The smallest absolute Gasteiger partial charge is 0.269 e. The first-order valence-electron chi connectivity index (χ1n) is 9.74. The van der Waals surface area contributed by atoms with Gasteiger partial charge in [-0.2, -0.15) is 0 Å². The number of ether oxygens (including phenoxy) is 3. The molecule has 0 N–H and O–H groups in total. The maximum absolute atomic E-state index is 12.0. The molecule has 0 atom stereocenters. The van der Waals surface area contributed by atoms with E-state index >= 15 is 0 Å². The molecule has 0 aromatic heterocycles. The Bertz CT molecular complexity index is 564. The van der Waals surface area contributed by atoms with Crippen molar-refractivity contribution in [2.45, 2.75) is 26.2 Å². The van der Waals surface area contributed by atoms with Gasteiger partial charge in [0, 0.05) is 37.3 Å². The number of benzene rings is 1. The molecule has 0 amide bonds. The van der Waals surface area contributed by atoms with E-state index in [4.69, 9.17) is 14.2 Å². The first-order chi connectivity index (χ1) is 13.5. The zero-order chi connectivity index (χ0) is 20.6. The standard InChI is InChI=1S/C20H32N2O6/c1-3-10-21(2)11-13-27-15-17-28-16-14-26-12-4-5-20(23)18-6-8-19(9-7-18)22(24)25/h6-9H,3-5,10-17H2,1-2H3. The van der Waals surface area contributed by atoms with Gasteiger partial charge in [0.2, 0.25) is 0 Å². The fourth-order valence-electron chi connectivity index (χ4n) is 2.50. The lowest BCUT2D eigenvalue weighted by molar-refractivity contribution is -0.384. The van der Waals surface area contributed by atoms with E-state index in [1.54, 1.807) is 0 Å². The van der Waals surface area contributed by atoms with Gasteiger partial charge in [0.15, 0.2) is 5.78 Å². The third-order valence-corrected chi connectivity index (χ3v) is 4.06. The molecule has 0 aliphatic rings. The summed E-state index contributed by atoms with van der Waals surface area (Å²) in [5.41, 5.74) is 0.462. The van der Waals surface area contributed by atoms with Crippen molar-refractivity contribution < 1.29 is 23.9 Å². The first kappa shape index (κ1) is 24.2. The summed E-state index contributed by atoms with van der Waals surface area (Å²) in [6.45, 7) is 7.43. The summed E-state index contributed by atoms with van der Waals surface area (Å²) < 4.78 is 16.4. The highest BCUT2D eigenvalue weighted by atomic mass is 16.6. The molecule has 1 rings (SSSR count). The van der Waals surface area contributed by atoms with Gasteiger partial charge in [-0.05, 0) is 38.6 Å². The molecule has 0 spiro atoms. The second kappa shape index (κ2) is 15.1. The van der Waals surface area contributed by atoms with Crippen molar-refractivity contribution in [2.24, 2.45) is 0 Å². The third-order valence-electron chi connectivity index (χ3n) is 4.06. The summed E-state index contributed by atoms with van der Waals surface area (Å²) in [5, 5.41) is 10.6. The molecule has 0 radical (unpaired) electrons. The van der Waals surface area contributed by atoms with Gasteiger partial charge in [0.25, 0.3) is 5.69 Å². The van der Waals surface area contributed by atoms with Crippen LogP contribution in [0, 0.1) is 10.1 Å². The Hall–Kier alpha value is -1.87. The van der Waals surface area contributed by atoms with Gasteiger partial charge < -0.3 is 19.1 Å². The fraction of sp³-hybridized carbons (Fsp3) is 0.650. The van der Waals surface area contributed by atoms with Gasteiger partial charge >= 0.3 is 0 Å². The second-order valence-electron chi connectivity index (χ2n) is 6.47. The van der Waals surface area contributed by atoms with Crippen LogP contribution in [0.1, 0.15) is 36.5 Å². The number of Topliss-reactive ketones (excluding diaryl/α,β-unsaturated/α-hetero) is 1. The highest BCUT2D eigenvalue weighted by Crippen LogP contribution is 2.13. The van der Waals surface area contributed by atoms with Gasteiger partial charge in [0.05, 0.1) is 38.0 Å². The number of hydrogen-bond donors (Lipinski definition) is 0. The number of carbonyl (C=O) groups excluding carboxylic acids is 1. The number of ketones is 1. The number of non-ortho nitro benzene ring substituents is 1. The van der Waals surface area contributed by atoms with Crippen molar-refractivity contribution in [1.29, 1.82) is 0 Å². The van der Waals surface area contributed by atoms with E-state index < -0.39 is 4.92 Å². The minimum atomic E-state index is -0.484. The van der Waals surface area contributed by atoms with Crippen LogP contribution >= 0.6 is 0 Å². The Morgan fingerprint density at radius 1 is 0.964 bits per heavy atom. The van der Waals surface area contributed by atoms with E-state index in [2.05, 4.69) is 18.9 Å². The van der Waals surface area contributed by atoms with Gasteiger partial charge in [-0.25, -0.2) is 0 Å². The fourth-order valence-corrected chi connectivity index (χ4v) is 2.50. The SMILES string of the molecule is CCCN(C)CCOCCOCCOCCCC(=O)c1ccc([N+](=O)[O-])cc1. The molecule has 8 heteroatoms. The van der Waals surface area contributed by atoms with E-state index in [-0.39, 0.29) is 11.5 Å². The van der Waals surface area contributed by atoms with Crippen LogP contribution in [-0.4, -0.2) is 75.4 Å². The molecule has 1 aromatic carbocycles. The predicted molar refractivity (Wildman–Crippen MR) is 107 cm³/mol. The number of rotatable bonds is 17. The van der Waals surface area contributed by atoms with E-state index in [1.165, 1.54) is 24.3 Å². The lowest BCUT2D eigenvalue weighted by atomic mass is 10.1. The summed E-state index contributed by atoms with van der Waals surface area (Å²) in [7, 11) is 2.08. The monoisotopic (exact) mass is 396 g/mol. The number of nitro groups is 1. The molecule has 28 heavy (non-hydrogen) atoms. The van der Waals surface area contributed by atoms with Crippen molar-refractivity contribution >= 4 is 11.5 Å². The topological polar surface area (TPSA) is 91.1 Å². The minimum absolute atomic E-state index is 0.0193. The molecular weight excluding hydrogens is 364 g/mol.